The van der Waals surface area contributed by atoms with Gasteiger partial charge in [-0.15, -0.1) is 0 Å². The van der Waals surface area contributed by atoms with E-state index in [1.807, 2.05) is 0 Å². The smallest absolute Gasteiger partial charge is 0.0541 e. The fourth-order valence-corrected chi connectivity index (χ4v) is 9.82. The molecule has 0 aliphatic carbocycles. The van der Waals surface area contributed by atoms with E-state index in [1.165, 1.54) is 110 Å². The molecule has 0 atom stereocenters. The normalized spacial score (nSPS) is 11.5. The van der Waals surface area contributed by atoms with Gasteiger partial charge in [-0.3, -0.25) is 0 Å². The van der Waals surface area contributed by atoms with E-state index in [1.54, 1.807) is 0 Å². The number of rotatable bonds is 7. The van der Waals surface area contributed by atoms with E-state index >= 15 is 0 Å². The van der Waals surface area contributed by atoms with Crippen molar-refractivity contribution in [1.29, 1.82) is 0 Å². The minimum atomic E-state index is 1.13. The van der Waals surface area contributed by atoms with Crippen molar-refractivity contribution in [2.45, 2.75) is 0 Å². The number of aromatic nitrogens is 1. The highest BCUT2D eigenvalue weighted by molar-refractivity contribution is 6.22. The molecule has 1 heterocycles. The fourth-order valence-electron chi connectivity index (χ4n) is 9.82. The molecule has 12 aromatic rings. The summed E-state index contributed by atoms with van der Waals surface area (Å²) in [5, 5.41) is 7.42. The standard InChI is InChI=1S/C62H41N/c1-5-17-42(18-6-1)46-25-15-27-48(37-46)50-31-35-59-56(39-50)57-40-51(49-28-16-26-47(38-49)43-19-7-2-8-20-43)32-36-60(57)63(59)52-33-34-55-58(41-52)62(45-23-11-4-12-24-45)54-30-14-13-29-53(54)61(55)44-21-9-3-10-22-44/h1-41H. The predicted octanol–water partition coefficient (Wildman–Crippen LogP) is 17.1. The van der Waals surface area contributed by atoms with Gasteiger partial charge in [-0.05, 0) is 137 Å². The first-order chi connectivity index (χ1) is 31.2. The van der Waals surface area contributed by atoms with Gasteiger partial charge >= 0.3 is 0 Å². The van der Waals surface area contributed by atoms with Gasteiger partial charge in [0, 0.05) is 16.5 Å². The zero-order valence-electron chi connectivity index (χ0n) is 34.6. The average Bonchev–Trinajstić information content (AvgIpc) is 3.69. The lowest BCUT2D eigenvalue weighted by Crippen LogP contribution is -1.96. The summed E-state index contributed by atoms with van der Waals surface area (Å²) >= 11 is 0. The lowest BCUT2D eigenvalue weighted by molar-refractivity contribution is 1.19. The molecule has 0 saturated heterocycles. The summed E-state index contributed by atoms with van der Waals surface area (Å²) in [6, 6.07) is 91.0. The van der Waals surface area contributed by atoms with Gasteiger partial charge in [-0.1, -0.05) is 200 Å². The van der Waals surface area contributed by atoms with Crippen LogP contribution in [0.1, 0.15) is 0 Å². The molecule has 1 nitrogen and oxygen atoms in total. The predicted molar refractivity (Wildman–Crippen MR) is 268 cm³/mol. The van der Waals surface area contributed by atoms with Crippen LogP contribution < -0.4 is 0 Å². The Bertz CT molecular complexity index is 3500. The molecule has 1 aromatic heterocycles. The first-order valence-corrected chi connectivity index (χ1v) is 21.7. The number of benzene rings is 11. The lowest BCUT2D eigenvalue weighted by atomic mass is 9.86. The maximum Gasteiger partial charge on any atom is 0.0541 e. The highest BCUT2D eigenvalue weighted by Crippen LogP contribution is 2.45. The Kier molecular flexibility index (Phi) is 8.90. The van der Waals surface area contributed by atoms with Crippen LogP contribution in [0, 0.1) is 0 Å². The van der Waals surface area contributed by atoms with Crippen LogP contribution in [-0.2, 0) is 0 Å². The van der Waals surface area contributed by atoms with E-state index in [0.717, 1.165) is 5.69 Å². The Labute approximate surface area is 367 Å². The van der Waals surface area contributed by atoms with E-state index in [2.05, 4.69) is 253 Å². The average molecular weight is 800 g/mol. The quantitative estimate of drug-likeness (QED) is 0.142. The molecule has 11 aromatic carbocycles. The monoisotopic (exact) mass is 799 g/mol. The molecule has 0 amide bonds. The molecule has 1 heteroatoms. The van der Waals surface area contributed by atoms with Crippen LogP contribution >= 0.6 is 0 Å². The Morgan fingerprint density at radius 3 is 1.00 bits per heavy atom. The zero-order chi connectivity index (χ0) is 41.7. The molecule has 0 N–H and O–H groups in total. The molecule has 0 aliphatic rings. The molecule has 63 heavy (non-hydrogen) atoms. The second-order valence-electron chi connectivity index (χ2n) is 16.5. The second kappa shape index (κ2) is 15.3. The zero-order valence-corrected chi connectivity index (χ0v) is 34.6. The molecule has 0 saturated carbocycles. The van der Waals surface area contributed by atoms with Gasteiger partial charge in [0.15, 0.2) is 0 Å². The maximum absolute atomic E-state index is 2.48. The molecular weight excluding hydrogens is 759 g/mol. The minimum Gasteiger partial charge on any atom is -0.309 e. The van der Waals surface area contributed by atoms with Crippen LogP contribution in [0.3, 0.4) is 0 Å². The van der Waals surface area contributed by atoms with Crippen molar-refractivity contribution in [3.05, 3.63) is 249 Å². The second-order valence-corrected chi connectivity index (χ2v) is 16.5. The molecular formula is C62H41N. The Morgan fingerprint density at radius 2 is 0.540 bits per heavy atom. The van der Waals surface area contributed by atoms with Crippen molar-refractivity contribution >= 4 is 43.4 Å². The van der Waals surface area contributed by atoms with E-state index in [4.69, 9.17) is 0 Å². The summed E-state index contributed by atoms with van der Waals surface area (Å²) in [7, 11) is 0. The van der Waals surface area contributed by atoms with Gasteiger partial charge in [-0.2, -0.15) is 0 Å². The molecule has 294 valence electrons. The van der Waals surface area contributed by atoms with E-state index in [9.17, 15) is 0 Å². The third kappa shape index (κ3) is 6.42. The van der Waals surface area contributed by atoms with Gasteiger partial charge in [-0.25, -0.2) is 0 Å². The van der Waals surface area contributed by atoms with Gasteiger partial charge < -0.3 is 4.57 Å². The van der Waals surface area contributed by atoms with Gasteiger partial charge in [0.1, 0.15) is 0 Å². The van der Waals surface area contributed by atoms with E-state index in [-0.39, 0.29) is 0 Å². The summed E-state index contributed by atoms with van der Waals surface area (Å²) in [4.78, 5) is 0. The van der Waals surface area contributed by atoms with Crippen LogP contribution in [0.4, 0.5) is 0 Å². The SMILES string of the molecule is c1ccc(-c2cccc(-c3ccc4c(c3)c3cc(-c5cccc(-c6ccccc6)c5)ccc3n4-c3ccc4c(-c5ccccc5)c5ccccc5c(-c5ccccc5)c4c3)c2)cc1. The lowest BCUT2D eigenvalue weighted by Gasteiger charge is -2.19. The molecule has 0 aliphatic heterocycles. The Balaban J connectivity index is 1.11. The highest BCUT2D eigenvalue weighted by atomic mass is 15.0. The van der Waals surface area contributed by atoms with Crippen molar-refractivity contribution in [1.82, 2.24) is 4.57 Å². The third-order valence-electron chi connectivity index (χ3n) is 12.8. The fraction of sp³-hybridized carbons (Fsp3) is 0. The van der Waals surface area contributed by atoms with Crippen molar-refractivity contribution in [3.8, 4) is 72.4 Å². The van der Waals surface area contributed by atoms with Crippen molar-refractivity contribution in [2.24, 2.45) is 0 Å². The maximum atomic E-state index is 2.48. The number of hydrogen-bond acceptors (Lipinski definition) is 0. The van der Waals surface area contributed by atoms with Crippen molar-refractivity contribution < 1.29 is 0 Å². The highest BCUT2D eigenvalue weighted by Gasteiger charge is 2.20. The topological polar surface area (TPSA) is 4.93 Å². The van der Waals surface area contributed by atoms with Crippen LogP contribution in [0.15, 0.2) is 249 Å². The van der Waals surface area contributed by atoms with E-state index in [0.29, 0.717) is 0 Å². The number of hydrogen-bond donors (Lipinski definition) is 0. The molecule has 0 radical (unpaired) electrons. The number of nitrogens with zero attached hydrogens (tertiary/aromatic N) is 1. The van der Waals surface area contributed by atoms with Crippen molar-refractivity contribution in [3.63, 3.8) is 0 Å². The number of fused-ring (bicyclic) bond motifs is 5. The largest absolute Gasteiger partial charge is 0.309 e. The van der Waals surface area contributed by atoms with Crippen LogP contribution in [0.2, 0.25) is 0 Å². The van der Waals surface area contributed by atoms with Crippen LogP contribution in [0.5, 0.6) is 0 Å². The summed E-state index contributed by atoms with van der Waals surface area (Å²) in [5.74, 6) is 0. The molecule has 0 unspecified atom stereocenters. The molecule has 0 fully saturated rings. The summed E-state index contributed by atoms with van der Waals surface area (Å²) in [6.07, 6.45) is 0. The Morgan fingerprint density at radius 1 is 0.190 bits per heavy atom. The summed E-state index contributed by atoms with van der Waals surface area (Å²) in [5.41, 5.74) is 18.1. The van der Waals surface area contributed by atoms with Gasteiger partial charge in [0.2, 0.25) is 0 Å². The first-order valence-electron chi connectivity index (χ1n) is 21.7. The summed E-state index contributed by atoms with van der Waals surface area (Å²) < 4.78 is 2.48. The Hall–Kier alpha value is -8.26. The third-order valence-corrected chi connectivity index (χ3v) is 12.8. The van der Waals surface area contributed by atoms with E-state index < -0.39 is 0 Å². The van der Waals surface area contributed by atoms with Gasteiger partial charge in [0.25, 0.3) is 0 Å². The van der Waals surface area contributed by atoms with Gasteiger partial charge in [0.05, 0.1) is 11.0 Å². The molecule has 0 spiro atoms. The van der Waals surface area contributed by atoms with Crippen LogP contribution in [-0.4, -0.2) is 4.57 Å². The minimum absolute atomic E-state index is 1.13. The molecule has 12 rings (SSSR count). The van der Waals surface area contributed by atoms with Crippen LogP contribution in [0.25, 0.3) is 116 Å². The molecule has 0 bridgehead atoms. The first kappa shape index (κ1) is 36.6. The van der Waals surface area contributed by atoms with Crippen molar-refractivity contribution in [2.75, 3.05) is 0 Å². The summed E-state index contributed by atoms with van der Waals surface area (Å²) in [6.45, 7) is 0.